The Labute approximate surface area is 135 Å². The number of nitrogens with one attached hydrogen (secondary N) is 2. The van der Waals surface area contributed by atoms with E-state index in [2.05, 4.69) is 15.4 Å². The Morgan fingerprint density at radius 2 is 1.91 bits per heavy atom. The van der Waals surface area contributed by atoms with E-state index in [1.54, 1.807) is 6.92 Å². The molecule has 0 aliphatic carbocycles. The zero-order valence-electron chi connectivity index (χ0n) is 13.5. The minimum Gasteiger partial charge on any atom is -0.469 e. The minimum atomic E-state index is -0.545. The van der Waals surface area contributed by atoms with Crippen LogP contribution in [0.25, 0.3) is 0 Å². The van der Waals surface area contributed by atoms with Crippen LogP contribution in [-0.2, 0) is 14.3 Å². The van der Waals surface area contributed by atoms with Crippen molar-refractivity contribution >= 4 is 17.9 Å². The van der Waals surface area contributed by atoms with Gasteiger partial charge in [-0.25, -0.2) is 4.79 Å². The van der Waals surface area contributed by atoms with Crippen molar-refractivity contribution in [2.45, 2.75) is 25.8 Å². The first-order valence-electron chi connectivity index (χ1n) is 7.62. The molecule has 0 aliphatic heterocycles. The molecule has 126 valence electrons. The molecule has 0 fully saturated rings. The van der Waals surface area contributed by atoms with Gasteiger partial charge in [0.2, 0.25) is 0 Å². The molecule has 1 atom stereocenters. The number of urea groups is 1. The van der Waals surface area contributed by atoms with Crippen molar-refractivity contribution in [3.63, 3.8) is 0 Å². The van der Waals surface area contributed by atoms with E-state index in [0.29, 0.717) is 25.9 Å². The molecule has 1 aromatic rings. The lowest BCUT2D eigenvalue weighted by Crippen LogP contribution is -2.87. The quantitative estimate of drug-likeness (QED) is 0.466. The van der Waals surface area contributed by atoms with Crippen LogP contribution in [0.1, 0.15) is 31.4 Å². The Morgan fingerprint density at radius 3 is 2.52 bits per heavy atom. The van der Waals surface area contributed by atoms with Gasteiger partial charge in [0, 0.05) is 18.5 Å². The van der Waals surface area contributed by atoms with Gasteiger partial charge in [0.15, 0.2) is 6.04 Å². The average Bonchev–Trinajstić information content (AvgIpc) is 2.55. The predicted octanol–water partition coefficient (Wildman–Crippen LogP) is 0.0900. The molecule has 0 unspecified atom stereocenters. The number of nitrogens with two attached hydrogens (primary N) is 1. The fraction of sp³-hybridized carbons (Fsp3) is 0.438. The molecule has 0 radical (unpaired) electrons. The van der Waals surface area contributed by atoms with Crippen molar-refractivity contribution in [3.05, 3.63) is 35.9 Å². The second-order valence-corrected chi connectivity index (χ2v) is 4.94. The lowest BCUT2D eigenvalue weighted by Gasteiger charge is -2.15. The Kier molecular flexibility index (Phi) is 8.38. The fourth-order valence-electron chi connectivity index (χ4n) is 2.08. The van der Waals surface area contributed by atoms with Crippen molar-refractivity contribution in [2.24, 2.45) is 0 Å². The third-order valence-electron chi connectivity index (χ3n) is 3.23. The van der Waals surface area contributed by atoms with Gasteiger partial charge in [-0.3, -0.25) is 14.9 Å². The predicted molar refractivity (Wildman–Crippen MR) is 84.4 cm³/mol. The zero-order chi connectivity index (χ0) is 17.1. The first kappa shape index (κ1) is 18.6. The fourth-order valence-corrected chi connectivity index (χ4v) is 2.08. The van der Waals surface area contributed by atoms with E-state index in [4.69, 9.17) is 0 Å². The molecule has 23 heavy (non-hydrogen) atoms. The highest BCUT2D eigenvalue weighted by molar-refractivity contribution is 5.96. The number of hydrogen-bond acceptors (Lipinski definition) is 4. The van der Waals surface area contributed by atoms with E-state index in [1.165, 1.54) is 7.11 Å². The van der Waals surface area contributed by atoms with Crippen LogP contribution in [0.3, 0.4) is 0 Å². The van der Waals surface area contributed by atoms with Gasteiger partial charge in [-0.2, -0.15) is 0 Å². The normalized spacial score (nSPS) is 11.4. The monoisotopic (exact) mass is 322 g/mol. The molecule has 1 rings (SSSR count). The van der Waals surface area contributed by atoms with Crippen molar-refractivity contribution in [3.8, 4) is 0 Å². The topological polar surface area (TPSA) is 101 Å². The number of imide groups is 1. The molecular formula is C16H24N3O4+. The Morgan fingerprint density at radius 1 is 1.22 bits per heavy atom. The Bertz CT molecular complexity index is 519. The van der Waals surface area contributed by atoms with Crippen LogP contribution >= 0.6 is 0 Å². The van der Waals surface area contributed by atoms with E-state index >= 15 is 0 Å². The molecule has 0 spiro atoms. The summed E-state index contributed by atoms with van der Waals surface area (Å²) in [6, 6.07) is 8.14. The summed E-state index contributed by atoms with van der Waals surface area (Å²) in [7, 11) is 1.35. The highest BCUT2D eigenvalue weighted by Crippen LogP contribution is 2.08. The summed E-state index contributed by atoms with van der Waals surface area (Å²) < 4.78 is 4.58. The summed E-state index contributed by atoms with van der Waals surface area (Å²) >= 11 is 0. The molecule has 0 aromatic heterocycles. The molecule has 4 N–H and O–H groups in total. The number of benzene rings is 1. The maximum atomic E-state index is 12.3. The van der Waals surface area contributed by atoms with Crippen molar-refractivity contribution in [1.29, 1.82) is 0 Å². The molecule has 0 saturated carbocycles. The highest BCUT2D eigenvalue weighted by atomic mass is 16.5. The summed E-state index contributed by atoms with van der Waals surface area (Å²) in [6.07, 6.45) is 0.886. The zero-order valence-corrected chi connectivity index (χ0v) is 13.5. The Balaban J connectivity index is 2.65. The summed E-state index contributed by atoms with van der Waals surface area (Å²) in [5, 5.41) is 6.67. The molecule has 7 heteroatoms. The third-order valence-corrected chi connectivity index (χ3v) is 3.23. The first-order chi connectivity index (χ1) is 11.1. The number of esters is 1. The van der Waals surface area contributed by atoms with Gasteiger partial charge < -0.3 is 15.4 Å². The second-order valence-electron chi connectivity index (χ2n) is 4.94. The van der Waals surface area contributed by atoms with Gasteiger partial charge in [0.05, 0.1) is 20.1 Å². The number of quaternary nitrogens is 1. The first-order valence-corrected chi connectivity index (χ1v) is 7.62. The van der Waals surface area contributed by atoms with E-state index in [-0.39, 0.29) is 11.9 Å². The minimum absolute atomic E-state index is 0.276. The molecule has 0 bridgehead atoms. The highest BCUT2D eigenvalue weighted by Gasteiger charge is 2.25. The van der Waals surface area contributed by atoms with E-state index in [0.717, 1.165) is 5.56 Å². The van der Waals surface area contributed by atoms with Gasteiger partial charge in [0.1, 0.15) is 0 Å². The number of methoxy groups -OCH3 is 1. The SMILES string of the molecule is CCNC(=O)NC(=O)[C@H]([NH2+]CCCC(=O)OC)c1ccccc1. The van der Waals surface area contributed by atoms with Gasteiger partial charge in [-0.05, 0) is 6.92 Å². The van der Waals surface area contributed by atoms with Crippen LogP contribution in [0.4, 0.5) is 4.79 Å². The largest absolute Gasteiger partial charge is 0.469 e. The number of amides is 3. The summed E-state index contributed by atoms with van der Waals surface area (Å²) in [6.45, 7) is 2.78. The summed E-state index contributed by atoms with van der Waals surface area (Å²) in [5.74, 6) is -0.665. The van der Waals surface area contributed by atoms with Gasteiger partial charge >= 0.3 is 12.0 Å². The van der Waals surface area contributed by atoms with Gasteiger partial charge in [0.25, 0.3) is 5.91 Å². The number of ether oxygens (including phenoxy) is 1. The number of rotatable bonds is 8. The van der Waals surface area contributed by atoms with E-state index in [9.17, 15) is 14.4 Å². The molecule has 0 saturated heterocycles. The molecule has 0 aliphatic rings. The molecule has 1 aromatic carbocycles. The lowest BCUT2D eigenvalue weighted by atomic mass is 10.1. The summed E-state index contributed by atoms with van der Waals surface area (Å²) in [4.78, 5) is 35.0. The van der Waals surface area contributed by atoms with E-state index in [1.807, 2.05) is 35.6 Å². The molecule has 0 heterocycles. The number of hydrogen-bond donors (Lipinski definition) is 3. The number of carbonyl (C=O) groups is 3. The van der Waals surface area contributed by atoms with Crippen molar-refractivity contribution in [2.75, 3.05) is 20.2 Å². The van der Waals surface area contributed by atoms with Crippen molar-refractivity contribution in [1.82, 2.24) is 10.6 Å². The molecule has 3 amide bonds. The second kappa shape index (κ2) is 10.3. The molecular weight excluding hydrogens is 298 g/mol. The van der Waals surface area contributed by atoms with Crippen molar-refractivity contribution < 1.29 is 24.4 Å². The lowest BCUT2D eigenvalue weighted by molar-refractivity contribution is -0.683. The number of carbonyl (C=O) groups excluding carboxylic acids is 3. The maximum absolute atomic E-state index is 12.3. The summed E-state index contributed by atoms with van der Waals surface area (Å²) in [5.41, 5.74) is 0.798. The average molecular weight is 322 g/mol. The van der Waals surface area contributed by atoms with Crippen LogP contribution in [0.5, 0.6) is 0 Å². The standard InChI is InChI=1S/C16H23N3O4/c1-3-17-16(22)19-15(21)14(12-8-5-4-6-9-12)18-11-7-10-13(20)23-2/h4-6,8-9,14,18H,3,7,10-11H2,1-2H3,(H2,17,19,21,22)/p+1/t14-/m1/s1. The van der Waals surface area contributed by atoms with Crippen LogP contribution in [-0.4, -0.2) is 38.1 Å². The van der Waals surface area contributed by atoms with Crippen LogP contribution in [0.15, 0.2) is 30.3 Å². The smallest absolute Gasteiger partial charge is 0.321 e. The van der Waals surface area contributed by atoms with Gasteiger partial charge in [-0.1, -0.05) is 30.3 Å². The van der Waals surface area contributed by atoms with Crippen LogP contribution in [0, 0.1) is 0 Å². The Hall–Kier alpha value is -2.41. The maximum Gasteiger partial charge on any atom is 0.321 e. The van der Waals surface area contributed by atoms with E-state index < -0.39 is 12.1 Å². The third kappa shape index (κ3) is 6.92. The van der Waals surface area contributed by atoms with Gasteiger partial charge in [-0.15, -0.1) is 0 Å². The molecule has 7 nitrogen and oxygen atoms in total. The van der Waals surface area contributed by atoms with Crippen LogP contribution in [0.2, 0.25) is 0 Å². The van der Waals surface area contributed by atoms with Crippen LogP contribution < -0.4 is 16.0 Å².